The lowest BCUT2D eigenvalue weighted by atomic mass is 10.2. The van der Waals surface area contributed by atoms with Crippen molar-refractivity contribution in [1.29, 1.82) is 0 Å². The maximum absolute atomic E-state index is 13.8. The molecule has 1 amide bonds. The number of aromatic nitrogens is 4. The van der Waals surface area contributed by atoms with Crippen molar-refractivity contribution in [3.05, 3.63) is 62.7 Å². The second-order valence-corrected chi connectivity index (χ2v) is 6.90. The van der Waals surface area contributed by atoms with Crippen molar-refractivity contribution in [1.82, 2.24) is 19.6 Å². The van der Waals surface area contributed by atoms with E-state index in [0.29, 0.717) is 5.56 Å². The molecule has 0 bridgehead atoms. The first-order valence-corrected chi connectivity index (χ1v) is 8.82. The summed E-state index contributed by atoms with van der Waals surface area (Å²) in [6.45, 7) is 0.0515. The van der Waals surface area contributed by atoms with Crippen molar-refractivity contribution in [3.8, 4) is 0 Å². The molecule has 0 saturated heterocycles. The summed E-state index contributed by atoms with van der Waals surface area (Å²) in [6.07, 6.45) is -3.36. The largest absolute Gasteiger partial charge is 0.436 e. The summed E-state index contributed by atoms with van der Waals surface area (Å²) in [5.74, 6) is -1.40. The van der Waals surface area contributed by atoms with Gasteiger partial charge in [0.15, 0.2) is 11.5 Å². The van der Waals surface area contributed by atoms with Crippen LogP contribution in [-0.4, -0.2) is 25.5 Å². The number of hydrogen-bond acceptors (Lipinski definition) is 3. The molecule has 0 radical (unpaired) electrons. The minimum absolute atomic E-state index is 0.0408. The Morgan fingerprint density at radius 1 is 1.29 bits per heavy atom. The van der Waals surface area contributed by atoms with Gasteiger partial charge in [-0.1, -0.05) is 29.8 Å². The fourth-order valence-electron chi connectivity index (χ4n) is 2.46. The van der Waals surface area contributed by atoms with E-state index in [0.717, 1.165) is 4.68 Å². The van der Waals surface area contributed by atoms with Crippen molar-refractivity contribution < 1.29 is 22.4 Å². The molecule has 0 aliphatic rings. The summed E-state index contributed by atoms with van der Waals surface area (Å²) in [6, 6.07) is 6.06. The van der Waals surface area contributed by atoms with Gasteiger partial charge >= 0.3 is 6.18 Å². The number of amides is 1. The van der Waals surface area contributed by atoms with Crippen LogP contribution < -0.4 is 5.32 Å². The van der Waals surface area contributed by atoms with E-state index >= 15 is 0 Å². The van der Waals surface area contributed by atoms with Gasteiger partial charge in [-0.3, -0.25) is 14.2 Å². The van der Waals surface area contributed by atoms with Crippen molar-refractivity contribution in [3.63, 3.8) is 0 Å². The van der Waals surface area contributed by atoms with E-state index in [9.17, 15) is 22.4 Å². The number of carbonyl (C=O) groups is 1. The number of halogens is 6. The number of nitrogens with one attached hydrogen (secondary N) is 1. The molecule has 3 aromatic rings. The third kappa shape index (κ3) is 4.04. The van der Waals surface area contributed by atoms with E-state index in [4.69, 9.17) is 11.6 Å². The monoisotopic (exact) mass is 479 g/mol. The molecular weight excluding hydrogens is 470 g/mol. The molecule has 0 aliphatic carbocycles. The number of benzene rings is 1. The molecule has 28 heavy (non-hydrogen) atoms. The highest BCUT2D eigenvalue weighted by Crippen LogP contribution is 2.36. The number of aryl methyl sites for hydroxylation is 1. The Labute approximate surface area is 169 Å². The Balaban J connectivity index is 1.83. The van der Waals surface area contributed by atoms with Gasteiger partial charge in [0.1, 0.15) is 16.5 Å². The summed E-state index contributed by atoms with van der Waals surface area (Å²) in [7, 11) is 1.20. The Bertz CT molecular complexity index is 1050. The van der Waals surface area contributed by atoms with Gasteiger partial charge in [0, 0.05) is 18.8 Å². The minimum Gasteiger partial charge on any atom is -0.302 e. The molecule has 0 fully saturated rings. The van der Waals surface area contributed by atoms with E-state index in [1.807, 2.05) is 0 Å². The molecule has 0 aliphatic heterocycles. The van der Waals surface area contributed by atoms with Crippen LogP contribution in [0, 0.1) is 5.82 Å². The molecule has 12 heteroatoms. The van der Waals surface area contributed by atoms with Crippen LogP contribution in [0.5, 0.6) is 0 Å². The molecule has 1 N–H and O–H groups in total. The number of carbonyl (C=O) groups excluding carboxylic acids is 1. The first-order chi connectivity index (χ1) is 13.1. The smallest absolute Gasteiger partial charge is 0.302 e. The van der Waals surface area contributed by atoms with Crippen LogP contribution in [0.3, 0.4) is 0 Å². The highest BCUT2D eigenvalue weighted by Gasteiger charge is 2.39. The van der Waals surface area contributed by atoms with E-state index in [2.05, 4.69) is 31.4 Å². The summed E-state index contributed by atoms with van der Waals surface area (Å²) in [4.78, 5) is 12.4. The van der Waals surface area contributed by atoms with Gasteiger partial charge < -0.3 is 5.32 Å². The number of alkyl halides is 3. The van der Waals surface area contributed by atoms with E-state index < -0.39 is 28.1 Å². The first-order valence-electron chi connectivity index (χ1n) is 7.65. The third-order valence-electron chi connectivity index (χ3n) is 3.71. The van der Waals surface area contributed by atoms with Crippen LogP contribution >= 0.6 is 27.5 Å². The molecule has 0 saturated carbocycles. The lowest BCUT2D eigenvalue weighted by Crippen LogP contribution is -2.17. The predicted molar refractivity (Wildman–Crippen MR) is 96.6 cm³/mol. The molecule has 148 valence electrons. The second kappa shape index (κ2) is 7.55. The van der Waals surface area contributed by atoms with Crippen LogP contribution in [-0.2, 0) is 19.8 Å². The third-order valence-corrected chi connectivity index (χ3v) is 4.74. The highest BCUT2D eigenvalue weighted by atomic mass is 79.9. The normalized spacial score (nSPS) is 11.7. The van der Waals surface area contributed by atoms with Crippen molar-refractivity contribution in [2.24, 2.45) is 7.05 Å². The Hall–Kier alpha value is -2.40. The van der Waals surface area contributed by atoms with Crippen molar-refractivity contribution in [2.45, 2.75) is 12.7 Å². The quantitative estimate of drug-likeness (QED) is 0.560. The van der Waals surface area contributed by atoms with Gasteiger partial charge in [-0.25, -0.2) is 4.39 Å². The van der Waals surface area contributed by atoms with Gasteiger partial charge in [0.25, 0.3) is 5.91 Å². The molecule has 1 aromatic carbocycles. The maximum atomic E-state index is 13.8. The van der Waals surface area contributed by atoms with Gasteiger partial charge in [-0.05, 0) is 22.0 Å². The predicted octanol–water partition coefficient (Wildman–Crippen LogP) is 4.49. The Morgan fingerprint density at radius 2 is 1.96 bits per heavy atom. The Kier molecular flexibility index (Phi) is 5.48. The van der Waals surface area contributed by atoms with Gasteiger partial charge in [-0.15, -0.1) is 0 Å². The van der Waals surface area contributed by atoms with Crippen LogP contribution in [0.4, 0.5) is 23.4 Å². The molecular formula is C16H11BrClF4N5O. The molecule has 0 spiro atoms. The molecule has 6 nitrogen and oxygen atoms in total. The van der Waals surface area contributed by atoms with Crippen molar-refractivity contribution >= 4 is 39.3 Å². The number of nitrogens with zero attached hydrogens (tertiary/aromatic N) is 4. The van der Waals surface area contributed by atoms with Crippen LogP contribution in [0.1, 0.15) is 21.7 Å². The molecule has 2 heterocycles. The van der Waals surface area contributed by atoms with Crippen LogP contribution in [0.2, 0.25) is 5.02 Å². The average molecular weight is 481 g/mol. The topological polar surface area (TPSA) is 64.7 Å². The molecule has 0 unspecified atom stereocenters. The Morgan fingerprint density at radius 3 is 2.57 bits per heavy atom. The zero-order valence-electron chi connectivity index (χ0n) is 14.1. The van der Waals surface area contributed by atoms with Crippen LogP contribution in [0.25, 0.3) is 0 Å². The molecule has 3 rings (SSSR count). The average Bonchev–Trinajstić information content (AvgIpc) is 3.08. The minimum atomic E-state index is -4.73. The van der Waals surface area contributed by atoms with E-state index in [1.165, 1.54) is 24.0 Å². The SMILES string of the molecule is Cn1nc(C(F)(F)F)c(Br)c1C(=O)Nc1nn(Cc2ccccc2F)cc1Cl. The van der Waals surface area contributed by atoms with Gasteiger partial charge in [-0.2, -0.15) is 23.4 Å². The maximum Gasteiger partial charge on any atom is 0.436 e. The van der Waals surface area contributed by atoms with E-state index in [1.54, 1.807) is 18.2 Å². The van der Waals surface area contributed by atoms with E-state index in [-0.39, 0.29) is 23.1 Å². The number of anilines is 1. The zero-order valence-corrected chi connectivity index (χ0v) is 16.4. The second-order valence-electron chi connectivity index (χ2n) is 5.70. The van der Waals surface area contributed by atoms with Gasteiger partial charge in [0.05, 0.1) is 11.0 Å². The summed E-state index contributed by atoms with van der Waals surface area (Å²) < 4.78 is 54.2. The van der Waals surface area contributed by atoms with Crippen molar-refractivity contribution in [2.75, 3.05) is 5.32 Å². The number of hydrogen-bond donors (Lipinski definition) is 1. The standard InChI is InChI=1S/C16H11BrClF4N5O/c1-26-12(11(17)13(24-26)16(20,21)22)15(28)23-14-9(18)7-27(25-14)6-8-4-2-3-5-10(8)19/h2-5,7H,6H2,1H3,(H,23,25,28). The molecule has 2 aromatic heterocycles. The molecule has 0 atom stereocenters. The fraction of sp³-hybridized carbons (Fsp3) is 0.188. The number of rotatable bonds is 4. The van der Waals surface area contributed by atoms with Crippen LogP contribution in [0.15, 0.2) is 34.9 Å². The van der Waals surface area contributed by atoms with Gasteiger partial charge in [0.2, 0.25) is 0 Å². The fourth-order valence-corrected chi connectivity index (χ4v) is 3.39. The summed E-state index contributed by atoms with van der Waals surface area (Å²) in [5, 5.41) is 9.75. The lowest BCUT2D eigenvalue weighted by molar-refractivity contribution is -0.142. The summed E-state index contributed by atoms with van der Waals surface area (Å²) >= 11 is 8.80. The lowest BCUT2D eigenvalue weighted by Gasteiger charge is -2.05. The highest BCUT2D eigenvalue weighted by molar-refractivity contribution is 9.10. The first kappa shape index (κ1) is 20.3. The summed E-state index contributed by atoms with van der Waals surface area (Å²) in [5.41, 5.74) is -1.23. The zero-order chi connectivity index (χ0) is 20.6.